The van der Waals surface area contributed by atoms with E-state index in [0.29, 0.717) is 37.2 Å². The molecule has 248 valence electrons. The molecule has 44 heavy (non-hydrogen) atoms. The number of esters is 2. The summed E-state index contributed by atoms with van der Waals surface area (Å²) >= 11 is 0. The first kappa shape index (κ1) is 43.1. The van der Waals surface area contributed by atoms with E-state index in [9.17, 15) is 19.8 Å². The Kier molecular flexibility index (Phi) is 16.0. The molecule has 0 amide bonds. The number of carbonyl (C=O) groups excluding carboxylic acids is 2. The molecule has 0 saturated heterocycles. The summed E-state index contributed by atoms with van der Waals surface area (Å²) in [6.07, 6.45) is 1.96. The summed E-state index contributed by atoms with van der Waals surface area (Å²) < 4.78 is 9.40. The maximum absolute atomic E-state index is 11.3. The molecule has 0 aliphatic carbocycles. The summed E-state index contributed by atoms with van der Waals surface area (Å²) in [4.78, 5) is 22.7. The molecule has 0 aromatic heterocycles. The second-order valence-electron chi connectivity index (χ2n) is 15.2. The average molecular weight is 613 g/mol. The Labute approximate surface area is 269 Å². The third-order valence-corrected chi connectivity index (χ3v) is 7.26. The Balaban J connectivity index is 0. The zero-order valence-corrected chi connectivity index (χ0v) is 30.1. The first-order valence-corrected chi connectivity index (χ1v) is 14.8. The molecule has 0 saturated carbocycles. The second-order valence-corrected chi connectivity index (χ2v) is 15.2. The highest BCUT2D eigenvalue weighted by molar-refractivity contribution is 5.70. The van der Waals surface area contributed by atoms with Crippen LogP contribution >= 0.6 is 0 Å². The number of carbonyl (C=O) groups is 2. The van der Waals surface area contributed by atoms with E-state index in [1.165, 1.54) is 14.2 Å². The minimum absolute atomic E-state index is 0. The molecule has 0 fully saturated rings. The van der Waals surface area contributed by atoms with E-state index in [1.54, 1.807) is 0 Å². The van der Waals surface area contributed by atoms with Crippen LogP contribution in [0.5, 0.6) is 11.5 Å². The molecule has 2 aromatic rings. The second kappa shape index (κ2) is 16.3. The lowest BCUT2D eigenvalue weighted by Gasteiger charge is -2.28. The van der Waals surface area contributed by atoms with Crippen molar-refractivity contribution in [3.05, 3.63) is 72.5 Å². The molecule has 0 spiro atoms. The van der Waals surface area contributed by atoms with Gasteiger partial charge in [-0.15, -0.1) is 0 Å². The molecule has 0 aliphatic rings. The van der Waals surface area contributed by atoms with Gasteiger partial charge in [-0.25, -0.2) is 0 Å². The molecule has 4 radical (unpaired) electrons. The lowest BCUT2D eigenvalue weighted by molar-refractivity contribution is -0.141. The van der Waals surface area contributed by atoms with E-state index in [-0.39, 0.29) is 48.5 Å². The minimum atomic E-state index is -0.210. The quantitative estimate of drug-likeness (QED) is 0.317. The number of aromatic hydroxyl groups is 2. The van der Waals surface area contributed by atoms with Gasteiger partial charge in [-0.2, -0.15) is 0 Å². The average Bonchev–Trinajstić information content (AvgIpc) is 2.84. The van der Waals surface area contributed by atoms with Crippen molar-refractivity contribution in [1.82, 2.24) is 0 Å². The summed E-state index contributed by atoms with van der Waals surface area (Å²) in [5, 5.41) is 21.2. The number of phenolic OH excluding ortho intramolecular Hbond substituents is 2. The molecule has 2 aromatic carbocycles. The first-order valence-electron chi connectivity index (χ1n) is 14.8. The molecule has 0 atom stereocenters. The zero-order chi connectivity index (χ0) is 32.8. The van der Waals surface area contributed by atoms with Gasteiger partial charge in [0, 0.05) is 12.8 Å². The van der Waals surface area contributed by atoms with Gasteiger partial charge >= 0.3 is 11.9 Å². The number of hydrogen-bond donors (Lipinski definition) is 2. The van der Waals surface area contributed by atoms with Gasteiger partial charge in [-0.05, 0) is 67.9 Å². The molecule has 0 heterocycles. The smallest absolute Gasteiger partial charge is 0.305 e. The van der Waals surface area contributed by atoms with Gasteiger partial charge in [-0.3, -0.25) is 9.59 Å². The van der Waals surface area contributed by atoms with Crippen LogP contribution in [0.1, 0.15) is 129 Å². The van der Waals surface area contributed by atoms with Crippen molar-refractivity contribution in [3.63, 3.8) is 0 Å². The van der Waals surface area contributed by atoms with E-state index < -0.39 is 0 Å². The molecular formula is C38H60O6. The monoisotopic (exact) mass is 612 g/mol. The normalized spacial score (nSPS) is 11.8. The predicted octanol–water partition coefficient (Wildman–Crippen LogP) is 8.84. The van der Waals surface area contributed by atoms with Crippen LogP contribution < -0.4 is 0 Å². The van der Waals surface area contributed by atoms with E-state index in [2.05, 4.69) is 83.1 Å². The Morgan fingerprint density at radius 2 is 0.727 bits per heavy atom. The number of rotatable bonds is 6. The van der Waals surface area contributed by atoms with E-state index in [0.717, 1.165) is 33.4 Å². The van der Waals surface area contributed by atoms with E-state index in [4.69, 9.17) is 9.47 Å². The van der Waals surface area contributed by atoms with E-state index >= 15 is 0 Å². The summed E-state index contributed by atoms with van der Waals surface area (Å²) in [6, 6.07) is 8.03. The van der Waals surface area contributed by atoms with Gasteiger partial charge in [0.05, 0.1) is 14.2 Å². The van der Waals surface area contributed by atoms with Gasteiger partial charge in [0.1, 0.15) is 11.5 Å². The molecule has 0 unspecified atom stereocenters. The third-order valence-electron chi connectivity index (χ3n) is 7.26. The molecule has 2 N–H and O–H groups in total. The summed E-state index contributed by atoms with van der Waals surface area (Å²) in [6.45, 7) is 25.0. The number of methoxy groups -OCH3 is 2. The van der Waals surface area contributed by atoms with Crippen LogP contribution in [0.2, 0.25) is 0 Å². The lowest BCUT2D eigenvalue weighted by Crippen LogP contribution is -2.18. The maximum Gasteiger partial charge on any atom is 0.305 e. The topological polar surface area (TPSA) is 93.1 Å². The molecule has 0 bridgehead atoms. The van der Waals surface area contributed by atoms with Gasteiger partial charge in [0.25, 0.3) is 0 Å². The summed E-state index contributed by atoms with van der Waals surface area (Å²) in [7, 11) is 2.81. The zero-order valence-electron chi connectivity index (χ0n) is 30.1. The number of ether oxygens (including phenoxy) is 2. The van der Waals surface area contributed by atoms with Gasteiger partial charge in [-0.1, -0.05) is 122 Å². The van der Waals surface area contributed by atoms with Crippen molar-refractivity contribution >= 4 is 11.9 Å². The van der Waals surface area contributed by atoms with Crippen LogP contribution in [0.4, 0.5) is 0 Å². The lowest BCUT2D eigenvalue weighted by atomic mass is 9.78. The van der Waals surface area contributed by atoms with Crippen LogP contribution in [-0.2, 0) is 53.6 Å². The number of hydrogen-bond acceptors (Lipinski definition) is 6. The standard InChI is InChI=1S/2C18H28O3.2CH2/c2*1-17(2,3)13-10-12(8-9-15(19)21-7)11-14(16(13)20)18(4,5)6;;/h2*10-11,20H,8-9H2,1-7H3;2*1H2. The summed E-state index contributed by atoms with van der Waals surface area (Å²) in [5.74, 6) is 0.323. The van der Waals surface area contributed by atoms with Crippen LogP contribution in [0.3, 0.4) is 0 Å². The molecule has 0 aliphatic heterocycles. The van der Waals surface area contributed by atoms with Crippen LogP contribution in [0.15, 0.2) is 24.3 Å². The van der Waals surface area contributed by atoms with Gasteiger partial charge in [0.2, 0.25) is 0 Å². The van der Waals surface area contributed by atoms with Crippen molar-refractivity contribution in [1.29, 1.82) is 0 Å². The number of aryl methyl sites for hydroxylation is 2. The van der Waals surface area contributed by atoms with E-state index in [1.807, 2.05) is 24.3 Å². The fourth-order valence-corrected chi connectivity index (χ4v) is 4.66. The van der Waals surface area contributed by atoms with Crippen molar-refractivity contribution < 1.29 is 29.3 Å². The third kappa shape index (κ3) is 12.5. The molecular weight excluding hydrogens is 552 g/mol. The summed E-state index contributed by atoms with van der Waals surface area (Å²) in [5.41, 5.74) is 5.24. The van der Waals surface area contributed by atoms with Crippen molar-refractivity contribution in [2.45, 2.75) is 130 Å². The minimum Gasteiger partial charge on any atom is -0.507 e. The SMILES string of the molecule is COC(=O)CCc1cc(C(C)(C)C)c(O)c(C(C)(C)C)c1.COC(=O)CCc1cc(C(C)(C)C)c(O)c(C(C)(C)C)c1.[CH2].[CH2]. The number of phenols is 2. The van der Waals surface area contributed by atoms with Crippen LogP contribution in [0, 0.1) is 14.9 Å². The predicted molar refractivity (Wildman–Crippen MR) is 182 cm³/mol. The Hall–Kier alpha value is -3.02. The Morgan fingerprint density at radius 3 is 0.886 bits per heavy atom. The molecule has 6 heteroatoms. The highest BCUT2D eigenvalue weighted by atomic mass is 16.5. The Morgan fingerprint density at radius 1 is 0.523 bits per heavy atom. The fourth-order valence-electron chi connectivity index (χ4n) is 4.66. The highest BCUT2D eigenvalue weighted by Crippen LogP contribution is 2.41. The van der Waals surface area contributed by atoms with Gasteiger partial charge in [0.15, 0.2) is 0 Å². The van der Waals surface area contributed by atoms with Gasteiger partial charge < -0.3 is 19.7 Å². The van der Waals surface area contributed by atoms with Crippen LogP contribution in [0.25, 0.3) is 0 Å². The number of benzene rings is 2. The first-order chi connectivity index (χ1) is 18.9. The van der Waals surface area contributed by atoms with Crippen molar-refractivity contribution in [2.24, 2.45) is 0 Å². The van der Waals surface area contributed by atoms with Crippen molar-refractivity contribution in [3.8, 4) is 11.5 Å². The highest BCUT2D eigenvalue weighted by Gasteiger charge is 2.28. The molecule has 6 nitrogen and oxygen atoms in total. The molecule has 2 rings (SSSR count). The Bertz CT molecular complexity index is 1060. The maximum atomic E-state index is 11.3. The van der Waals surface area contributed by atoms with Crippen molar-refractivity contribution in [2.75, 3.05) is 14.2 Å². The fraction of sp³-hybridized carbons (Fsp3) is 0.579. The van der Waals surface area contributed by atoms with Crippen LogP contribution in [-0.4, -0.2) is 36.4 Å². The largest absolute Gasteiger partial charge is 0.507 e.